The first-order chi connectivity index (χ1) is 9.45. The largest absolute Gasteiger partial charge is 0.325 e. The maximum atomic E-state index is 12.1. The number of aryl methyl sites for hydroxylation is 2. The van der Waals surface area contributed by atoms with Gasteiger partial charge in [-0.1, -0.05) is 29.4 Å². The normalized spacial score (nSPS) is 12.2. The quantitative estimate of drug-likeness (QED) is 0.851. The van der Waals surface area contributed by atoms with E-state index in [2.05, 4.69) is 20.5 Å². The van der Waals surface area contributed by atoms with E-state index >= 15 is 0 Å². The first-order valence-corrected chi connectivity index (χ1v) is 7.34. The number of hydrogen-bond donors (Lipinski definition) is 2. The summed E-state index contributed by atoms with van der Waals surface area (Å²) < 4.78 is 0. The van der Waals surface area contributed by atoms with Crippen molar-refractivity contribution in [3.63, 3.8) is 0 Å². The van der Waals surface area contributed by atoms with E-state index in [1.165, 1.54) is 11.8 Å². The van der Waals surface area contributed by atoms with Crippen molar-refractivity contribution in [2.24, 2.45) is 0 Å². The highest BCUT2D eigenvalue weighted by atomic mass is 35.5. The molecule has 1 atom stereocenters. The second-order valence-electron chi connectivity index (χ2n) is 4.41. The van der Waals surface area contributed by atoms with E-state index in [1.54, 1.807) is 12.1 Å². The maximum absolute atomic E-state index is 12.1. The van der Waals surface area contributed by atoms with Crippen LogP contribution in [0.2, 0.25) is 5.02 Å². The molecular weight excluding hydrogens is 296 g/mol. The van der Waals surface area contributed by atoms with Crippen LogP contribution in [-0.4, -0.2) is 26.3 Å². The fraction of sp³-hybridized carbons (Fsp3) is 0.308. The Morgan fingerprint density at radius 1 is 1.45 bits per heavy atom. The van der Waals surface area contributed by atoms with Gasteiger partial charge in [0.25, 0.3) is 0 Å². The Labute approximate surface area is 126 Å². The number of H-pyrrole nitrogens is 1. The Balaban J connectivity index is 2.02. The average molecular weight is 311 g/mol. The molecule has 0 aliphatic rings. The summed E-state index contributed by atoms with van der Waals surface area (Å²) in [6, 6.07) is 5.40. The number of halogens is 1. The number of carbonyl (C=O) groups excluding carboxylic acids is 1. The molecule has 20 heavy (non-hydrogen) atoms. The number of anilines is 1. The molecule has 0 bridgehead atoms. The Kier molecular flexibility index (Phi) is 4.67. The van der Waals surface area contributed by atoms with Crippen LogP contribution < -0.4 is 5.32 Å². The number of thioether (sulfide) groups is 1. The summed E-state index contributed by atoms with van der Waals surface area (Å²) in [6.07, 6.45) is 0. The van der Waals surface area contributed by atoms with Crippen LogP contribution in [0.4, 0.5) is 5.69 Å². The van der Waals surface area contributed by atoms with Gasteiger partial charge in [0.15, 0.2) is 0 Å². The number of amides is 1. The Hall–Kier alpha value is -1.53. The fourth-order valence-electron chi connectivity index (χ4n) is 1.55. The van der Waals surface area contributed by atoms with Crippen molar-refractivity contribution in [1.29, 1.82) is 0 Å². The van der Waals surface area contributed by atoms with Crippen molar-refractivity contribution in [3.05, 3.63) is 34.6 Å². The lowest BCUT2D eigenvalue weighted by Crippen LogP contribution is -2.23. The minimum Gasteiger partial charge on any atom is -0.325 e. The third-order valence-corrected chi connectivity index (χ3v) is 3.88. The number of nitrogens with one attached hydrogen (secondary N) is 2. The molecule has 1 amide bonds. The van der Waals surface area contributed by atoms with Crippen molar-refractivity contribution in [2.75, 3.05) is 5.32 Å². The molecular formula is C13H15ClN4OS. The first-order valence-electron chi connectivity index (χ1n) is 6.08. The van der Waals surface area contributed by atoms with Crippen LogP contribution in [-0.2, 0) is 4.79 Å². The molecule has 2 rings (SSSR count). The zero-order valence-electron chi connectivity index (χ0n) is 11.4. The lowest BCUT2D eigenvalue weighted by Gasteiger charge is -2.12. The summed E-state index contributed by atoms with van der Waals surface area (Å²) in [6.45, 7) is 5.55. The first kappa shape index (κ1) is 14.9. The van der Waals surface area contributed by atoms with E-state index < -0.39 is 0 Å². The van der Waals surface area contributed by atoms with E-state index in [0.29, 0.717) is 10.2 Å². The van der Waals surface area contributed by atoms with Crippen molar-refractivity contribution in [2.45, 2.75) is 31.2 Å². The summed E-state index contributed by atoms with van der Waals surface area (Å²) in [5.41, 5.74) is 1.69. The molecule has 0 aliphatic carbocycles. The minimum atomic E-state index is -0.302. The van der Waals surface area contributed by atoms with Crippen LogP contribution in [0.3, 0.4) is 0 Å². The molecule has 0 fully saturated rings. The molecule has 0 saturated heterocycles. The van der Waals surface area contributed by atoms with Crippen LogP contribution in [0.25, 0.3) is 0 Å². The van der Waals surface area contributed by atoms with Gasteiger partial charge < -0.3 is 5.32 Å². The third-order valence-electron chi connectivity index (χ3n) is 2.69. The van der Waals surface area contributed by atoms with Gasteiger partial charge in [0.2, 0.25) is 11.1 Å². The van der Waals surface area contributed by atoms with E-state index in [1.807, 2.05) is 26.8 Å². The highest BCUT2D eigenvalue weighted by Crippen LogP contribution is 2.23. The minimum absolute atomic E-state index is 0.109. The van der Waals surface area contributed by atoms with Crippen molar-refractivity contribution in [3.8, 4) is 0 Å². The van der Waals surface area contributed by atoms with Gasteiger partial charge in [-0.15, -0.1) is 5.10 Å². The van der Waals surface area contributed by atoms with Crippen LogP contribution in [0.5, 0.6) is 0 Å². The van der Waals surface area contributed by atoms with Gasteiger partial charge in [-0.3, -0.25) is 9.89 Å². The van der Waals surface area contributed by atoms with Crippen molar-refractivity contribution in [1.82, 2.24) is 15.2 Å². The SMILES string of the molecule is Cc1nc(SC(C)C(=O)Nc2cc(Cl)ccc2C)n[nH]1. The van der Waals surface area contributed by atoms with Crippen LogP contribution >= 0.6 is 23.4 Å². The highest BCUT2D eigenvalue weighted by molar-refractivity contribution is 8.00. The summed E-state index contributed by atoms with van der Waals surface area (Å²) in [5, 5.41) is 10.5. The van der Waals surface area contributed by atoms with Gasteiger partial charge in [0, 0.05) is 10.7 Å². The van der Waals surface area contributed by atoms with Crippen LogP contribution in [0, 0.1) is 13.8 Å². The number of nitrogens with zero attached hydrogens (tertiary/aromatic N) is 2. The molecule has 7 heteroatoms. The monoisotopic (exact) mass is 310 g/mol. The van der Waals surface area contributed by atoms with E-state index in [9.17, 15) is 4.79 Å². The maximum Gasteiger partial charge on any atom is 0.237 e. The van der Waals surface area contributed by atoms with Crippen molar-refractivity contribution < 1.29 is 4.79 Å². The topological polar surface area (TPSA) is 70.7 Å². The summed E-state index contributed by atoms with van der Waals surface area (Å²) in [7, 11) is 0. The summed E-state index contributed by atoms with van der Waals surface area (Å²) >= 11 is 7.24. The highest BCUT2D eigenvalue weighted by Gasteiger charge is 2.17. The Morgan fingerprint density at radius 3 is 2.85 bits per heavy atom. The average Bonchev–Trinajstić information content (AvgIpc) is 2.79. The number of benzene rings is 1. The molecule has 1 unspecified atom stereocenters. The molecule has 1 heterocycles. The molecule has 5 nitrogen and oxygen atoms in total. The van der Waals surface area contributed by atoms with E-state index in [-0.39, 0.29) is 11.2 Å². The van der Waals surface area contributed by atoms with E-state index in [0.717, 1.165) is 17.1 Å². The van der Waals surface area contributed by atoms with Crippen LogP contribution in [0.15, 0.2) is 23.4 Å². The number of rotatable bonds is 4. The zero-order valence-corrected chi connectivity index (χ0v) is 13.0. The number of carbonyl (C=O) groups is 1. The standard InChI is InChI=1S/C13H15ClN4OS/c1-7-4-5-10(14)6-11(7)16-12(19)8(2)20-13-15-9(3)17-18-13/h4-6,8H,1-3H3,(H,16,19)(H,15,17,18). The smallest absolute Gasteiger partial charge is 0.237 e. The lowest BCUT2D eigenvalue weighted by molar-refractivity contribution is -0.115. The van der Waals surface area contributed by atoms with Gasteiger partial charge in [-0.05, 0) is 38.5 Å². The molecule has 1 aromatic heterocycles. The molecule has 2 N–H and O–H groups in total. The molecule has 2 aromatic rings. The van der Waals surface area contributed by atoms with Gasteiger partial charge in [0.05, 0.1) is 5.25 Å². The Bertz CT molecular complexity index is 629. The van der Waals surface area contributed by atoms with Gasteiger partial charge in [-0.25, -0.2) is 4.98 Å². The van der Waals surface area contributed by atoms with Crippen molar-refractivity contribution >= 4 is 35.0 Å². The predicted octanol–water partition coefficient (Wildman–Crippen LogP) is 3.19. The molecule has 1 aromatic carbocycles. The zero-order chi connectivity index (χ0) is 14.7. The number of aromatic amines is 1. The van der Waals surface area contributed by atoms with E-state index in [4.69, 9.17) is 11.6 Å². The molecule has 0 spiro atoms. The Morgan fingerprint density at radius 2 is 2.20 bits per heavy atom. The molecule has 106 valence electrons. The molecule has 0 saturated carbocycles. The molecule has 0 radical (unpaired) electrons. The predicted molar refractivity (Wildman–Crippen MR) is 81.3 cm³/mol. The molecule has 0 aliphatic heterocycles. The van der Waals surface area contributed by atoms with Gasteiger partial charge in [0.1, 0.15) is 5.82 Å². The number of hydrogen-bond acceptors (Lipinski definition) is 4. The second kappa shape index (κ2) is 6.28. The summed E-state index contributed by atoms with van der Waals surface area (Å²) in [4.78, 5) is 16.3. The van der Waals surface area contributed by atoms with Gasteiger partial charge in [-0.2, -0.15) is 0 Å². The second-order valence-corrected chi connectivity index (χ2v) is 6.16. The van der Waals surface area contributed by atoms with Crippen LogP contribution in [0.1, 0.15) is 18.3 Å². The fourth-order valence-corrected chi connectivity index (χ4v) is 2.49. The third kappa shape index (κ3) is 3.74. The number of aromatic nitrogens is 3. The summed E-state index contributed by atoms with van der Waals surface area (Å²) in [5.74, 6) is 0.619. The van der Waals surface area contributed by atoms with Gasteiger partial charge >= 0.3 is 0 Å². The lowest BCUT2D eigenvalue weighted by atomic mass is 10.2.